The molecule has 0 fully saturated rings. The molecule has 37 heavy (non-hydrogen) atoms. The SMILES string of the molecule is CCOc1cc(C=Nn2c(CC)nc3ccc(Br)cc3c2=O)cc([N+](=O)[O-])c1OCc1ccccc1Cl. The number of nitro groups is 1. The normalized spacial score (nSPS) is 11.2. The highest BCUT2D eigenvalue weighted by Gasteiger charge is 2.23. The molecular formula is C26H22BrClN4O5. The van der Waals surface area contributed by atoms with Crippen molar-refractivity contribution >= 4 is 50.3 Å². The molecule has 4 rings (SSSR count). The summed E-state index contributed by atoms with van der Waals surface area (Å²) in [6, 6.07) is 15.2. The fourth-order valence-electron chi connectivity index (χ4n) is 3.66. The summed E-state index contributed by atoms with van der Waals surface area (Å²) < 4.78 is 13.4. The van der Waals surface area contributed by atoms with Crippen LogP contribution in [0.5, 0.6) is 11.5 Å². The Morgan fingerprint density at radius 3 is 2.65 bits per heavy atom. The second kappa shape index (κ2) is 11.5. The zero-order valence-electron chi connectivity index (χ0n) is 20.0. The van der Waals surface area contributed by atoms with E-state index in [0.29, 0.717) is 39.3 Å². The summed E-state index contributed by atoms with van der Waals surface area (Å²) in [6.07, 6.45) is 1.82. The number of hydrogen-bond donors (Lipinski definition) is 0. The van der Waals surface area contributed by atoms with Gasteiger partial charge in [0, 0.05) is 33.1 Å². The van der Waals surface area contributed by atoms with Gasteiger partial charge in [-0.25, -0.2) is 4.98 Å². The van der Waals surface area contributed by atoms with Gasteiger partial charge < -0.3 is 9.47 Å². The van der Waals surface area contributed by atoms with Crippen LogP contribution in [0.15, 0.2) is 69.0 Å². The summed E-state index contributed by atoms with van der Waals surface area (Å²) in [4.78, 5) is 29.1. The number of halogens is 2. The summed E-state index contributed by atoms with van der Waals surface area (Å²) in [5, 5.41) is 17.2. The van der Waals surface area contributed by atoms with Gasteiger partial charge in [-0.15, -0.1) is 0 Å². The smallest absolute Gasteiger partial charge is 0.315 e. The number of rotatable bonds is 9. The fraction of sp³-hybridized carbons (Fsp3) is 0.192. The van der Waals surface area contributed by atoms with Gasteiger partial charge in [0.1, 0.15) is 12.4 Å². The Morgan fingerprint density at radius 2 is 1.95 bits per heavy atom. The van der Waals surface area contributed by atoms with Crippen LogP contribution in [0, 0.1) is 10.1 Å². The molecule has 0 aliphatic carbocycles. The first kappa shape index (κ1) is 26.3. The third-order valence-corrected chi connectivity index (χ3v) is 6.26. The standard InChI is InChI=1S/C26H22BrClN4O5/c1-3-24-30-21-10-9-18(27)13-19(21)26(33)31(24)29-14-16-11-22(32(34)35)25(23(12-16)36-4-2)37-15-17-7-5-6-8-20(17)28/h5-14H,3-4,15H2,1-2H3. The zero-order valence-corrected chi connectivity index (χ0v) is 22.3. The number of hydrogen-bond acceptors (Lipinski definition) is 7. The van der Waals surface area contributed by atoms with Crippen LogP contribution >= 0.6 is 27.5 Å². The third-order valence-electron chi connectivity index (χ3n) is 5.40. The zero-order chi connectivity index (χ0) is 26.5. The van der Waals surface area contributed by atoms with Crippen molar-refractivity contribution in [2.75, 3.05) is 6.61 Å². The van der Waals surface area contributed by atoms with Crippen molar-refractivity contribution in [3.05, 3.63) is 102 Å². The molecule has 0 radical (unpaired) electrons. The molecule has 0 N–H and O–H groups in total. The first-order chi connectivity index (χ1) is 17.8. The van der Waals surface area contributed by atoms with E-state index in [-0.39, 0.29) is 36.0 Å². The van der Waals surface area contributed by atoms with Crippen molar-refractivity contribution in [2.24, 2.45) is 5.10 Å². The number of nitrogens with zero attached hydrogens (tertiary/aromatic N) is 4. The minimum atomic E-state index is -0.555. The minimum absolute atomic E-state index is 0.0155. The van der Waals surface area contributed by atoms with Crippen LogP contribution in [-0.2, 0) is 13.0 Å². The lowest BCUT2D eigenvalue weighted by Crippen LogP contribution is -2.22. The van der Waals surface area contributed by atoms with E-state index in [4.69, 9.17) is 21.1 Å². The number of nitro benzene ring substituents is 1. The van der Waals surface area contributed by atoms with E-state index in [1.165, 1.54) is 17.0 Å². The van der Waals surface area contributed by atoms with Crippen molar-refractivity contribution < 1.29 is 14.4 Å². The Morgan fingerprint density at radius 1 is 1.16 bits per heavy atom. The molecule has 1 heterocycles. The minimum Gasteiger partial charge on any atom is -0.490 e. The predicted molar refractivity (Wildman–Crippen MR) is 146 cm³/mol. The van der Waals surface area contributed by atoms with Gasteiger partial charge in [-0.1, -0.05) is 52.7 Å². The molecule has 0 spiro atoms. The molecule has 0 aliphatic rings. The number of fused-ring (bicyclic) bond motifs is 1. The lowest BCUT2D eigenvalue weighted by atomic mass is 10.1. The Bertz CT molecular complexity index is 1570. The van der Waals surface area contributed by atoms with Gasteiger partial charge in [-0.05, 0) is 37.3 Å². The van der Waals surface area contributed by atoms with Crippen molar-refractivity contribution in [1.29, 1.82) is 0 Å². The summed E-state index contributed by atoms with van der Waals surface area (Å²) in [6.45, 7) is 3.89. The Balaban J connectivity index is 1.76. The van der Waals surface area contributed by atoms with Crippen molar-refractivity contribution in [3.8, 4) is 11.5 Å². The first-order valence-electron chi connectivity index (χ1n) is 11.4. The second-order valence-electron chi connectivity index (χ2n) is 7.84. The highest BCUT2D eigenvalue weighted by molar-refractivity contribution is 9.10. The Labute approximate surface area is 225 Å². The van der Waals surface area contributed by atoms with Crippen LogP contribution in [0.3, 0.4) is 0 Å². The average molecular weight is 586 g/mol. The highest BCUT2D eigenvalue weighted by atomic mass is 79.9. The molecule has 0 saturated carbocycles. The molecule has 3 aromatic carbocycles. The maximum Gasteiger partial charge on any atom is 0.315 e. The third kappa shape index (κ3) is 5.81. The van der Waals surface area contributed by atoms with Crippen molar-refractivity contribution in [1.82, 2.24) is 9.66 Å². The first-order valence-corrected chi connectivity index (χ1v) is 12.6. The molecule has 11 heteroatoms. The van der Waals surface area contributed by atoms with E-state index in [9.17, 15) is 14.9 Å². The van der Waals surface area contributed by atoms with Gasteiger partial charge in [-0.3, -0.25) is 14.9 Å². The summed E-state index contributed by atoms with van der Waals surface area (Å²) >= 11 is 9.58. The fourth-order valence-corrected chi connectivity index (χ4v) is 4.21. The van der Waals surface area contributed by atoms with Gasteiger partial charge in [0.2, 0.25) is 5.75 Å². The second-order valence-corrected chi connectivity index (χ2v) is 9.16. The molecule has 4 aromatic rings. The van der Waals surface area contributed by atoms with Crippen molar-refractivity contribution in [3.63, 3.8) is 0 Å². The Hall–Kier alpha value is -3.76. The van der Waals surface area contributed by atoms with Gasteiger partial charge in [0.05, 0.1) is 28.6 Å². The quantitative estimate of drug-likeness (QED) is 0.133. The van der Waals surface area contributed by atoms with E-state index in [1.54, 1.807) is 49.4 Å². The number of aryl methyl sites for hydroxylation is 1. The van der Waals surface area contributed by atoms with Crippen LogP contribution in [0.25, 0.3) is 10.9 Å². The molecular weight excluding hydrogens is 564 g/mol. The van der Waals surface area contributed by atoms with Crippen LogP contribution in [0.4, 0.5) is 5.69 Å². The number of ether oxygens (including phenoxy) is 2. The Kier molecular flexibility index (Phi) is 8.20. The molecule has 0 aliphatic heterocycles. The van der Waals surface area contributed by atoms with Crippen LogP contribution in [0.1, 0.15) is 30.8 Å². The van der Waals surface area contributed by atoms with E-state index in [0.717, 1.165) is 4.47 Å². The lowest BCUT2D eigenvalue weighted by Gasteiger charge is -2.14. The van der Waals surface area contributed by atoms with Gasteiger partial charge in [0.25, 0.3) is 5.56 Å². The van der Waals surface area contributed by atoms with E-state index >= 15 is 0 Å². The van der Waals surface area contributed by atoms with Gasteiger partial charge in [0.15, 0.2) is 5.75 Å². The molecule has 1 aromatic heterocycles. The van der Waals surface area contributed by atoms with Crippen molar-refractivity contribution in [2.45, 2.75) is 26.9 Å². The van der Waals surface area contributed by atoms with Crippen LogP contribution in [-0.4, -0.2) is 27.4 Å². The largest absolute Gasteiger partial charge is 0.490 e. The van der Waals surface area contributed by atoms with Crippen LogP contribution in [0.2, 0.25) is 5.02 Å². The maximum absolute atomic E-state index is 13.2. The van der Waals surface area contributed by atoms with Gasteiger partial charge >= 0.3 is 5.69 Å². The molecule has 190 valence electrons. The van der Waals surface area contributed by atoms with E-state index in [1.807, 2.05) is 13.0 Å². The summed E-state index contributed by atoms with van der Waals surface area (Å²) in [5.41, 5.74) is 0.935. The lowest BCUT2D eigenvalue weighted by molar-refractivity contribution is -0.386. The highest BCUT2D eigenvalue weighted by Crippen LogP contribution is 2.39. The van der Waals surface area contributed by atoms with E-state index < -0.39 is 4.92 Å². The summed E-state index contributed by atoms with van der Waals surface area (Å²) in [5.74, 6) is 0.608. The molecule has 0 amide bonds. The number of aromatic nitrogens is 2. The summed E-state index contributed by atoms with van der Waals surface area (Å²) in [7, 11) is 0. The van der Waals surface area contributed by atoms with Crippen LogP contribution < -0.4 is 15.0 Å². The molecule has 0 bridgehead atoms. The van der Waals surface area contributed by atoms with Gasteiger partial charge in [-0.2, -0.15) is 9.78 Å². The predicted octanol–water partition coefficient (Wildman–Crippen LogP) is 6.14. The molecule has 9 nitrogen and oxygen atoms in total. The molecule has 0 atom stereocenters. The number of benzene rings is 3. The molecule has 0 unspecified atom stereocenters. The molecule has 0 saturated heterocycles. The topological polar surface area (TPSA) is 109 Å². The van der Waals surface area contributed by atoms with E-state index in [2.05, 4.69) is 26.0 Å². The average Bonchev–Trinajstić information content (AvgIpc) is 2.88. The maximum atomic E-state index is 13.2. The monoisotopic (exact) mass is 584 g/mol.